The van der Waals surface area contributed by atoms with Gasteiger partial charge in [0.1, 0.15) is 11.6 Å². The Balaban J connectivity index is 2.66. The van der Waals surface area contributed by atoms with Crippen molar-refractivity contribution in [2.24, 2.45) is 11.7 Å². The summed E-state index contributed by atoms with van der Waals surface area (Å²) in [6.45, 7) is 1.46. The van der Waals surface area contributed by atoms with Crippen LogP contribution in [0.4, 0.5) is 0 Å². The smallest absolute Gasteiger partial charge is 0.309 e. The highest BCUT2D eigenvalue weighted by Gasteiger charge is 2.25. The molecule has 0 saturated carbocycles. The minimum atomic E-state index is -0.716. The van der Waals surface area contributed by atoms with Gasteiger partial charge in [-0.25, -0.2) is 0 Å². The van der Waals surface area contributed by atoms with Crippen molar-refractivity contribution in [1.29, 1.82) is 0 Å². The summed E-state index contributed by atoms with van der Waals surface area (Å²) in [6.07, 6.45) is 1.04. The third-order valence-electron chi connectivity index (χ3n) is 3.53. The van der Waals surface area contributed by atoms with Crippen LogP contribution in [0.15, 0.2) is 30.3 Å². The fraction of sp³-hybridized carbons (Fsp3) is 0.471. The maximum absolute atomic E-state index is 12.1. The average Bonchev–Trinajstić information content (AvgIpc) is 2.51. The van der Waals surface area contributed by atoms with Crippen LogP contribution >= 0.6 is 0 Å². The summed E-state index contributed by atoms with van der Waals surface area (Å²) in [5.74, 6) is -1.19. The highest BCUT2D eigenvalue weighted by Crippen LogP contribution is 2.16. The largest absolute Gasteiger partial charge is 0.469 e. The molecule has 0 amide bonds. The monoisotopic (exact) mass is 305 g/mol. The predicted octanol–water partition coefficient (Wildman–Crippen LogP) is 1.67. The molecule has 1 aromatic rings. The van der Waals surface area contributed by atoms with Gasteiger partial charge in [0, 0.05) is 12.8 Å². The fourth-order valence-electron chi connectivity index (χ4n) is 2.22. The molecule has 0 aromatic heterocycles. The van der Waals surface area contributed by atoms with Crippen molar-refractivity contribution in [2.45, 2.75) is 38.6 Å². The number of nitrogens with two attached hydrogens (primary N) is 1. The molecular formula is C17H23NO4. The molecule has 0 unspecified atom stereocenters. The molecule has 1 aromatic carbocycles. The molecule has 5 heteroatoms. The van der Waals surface area contributed by atoms with Crippen LogP contribution in [0.25, 0.3) is 0 Å². The van der Waals surface area contributed by atoms with E-state index in [4.69, 9.17) is 10.5 Å². The number of esters is 1. The van der Waals surface area contributed by atoms with Crippen molar-refractivity contribution in [2.75, 3.05) is 7.11 Å². The maximum atomic E-state index is 12.1. The van der Waals surface area contributed by atoms with Gasteiger partial charge in [-0.15, -0.1) is 0 Å². The van der Waals surface area contributed by atoms with Gasteiger partial charge in [-0.05, 0) is 25.3 Å². The second kappa shape index (κ2) is 9.10. The van der Waals surface area contributed by atoms with Crippen LogP contribution in [-0.4, -0.2) is 30.7 Å². The Kier molecular flexibility index (Phi) is 7.46. The van der Waals surface area contributed by atoms with E-state index in [1.807, 2.05) is 30.3 Å². The maximum Gasteiger partial charge on any atom is 0.309 e. The van der Waals surface area contributed by atoms with E-state index in [2.05, 4.69) is 0 Å². The summed E-state index contributed by atoms with van der Waals surface area (Å²) in [4.78, 5) is 35.0. The quantitative estimate of drug-likeness (QED) is 0.701. The zero-order chi connectivity index (χ0) is 16.5. The van der Waals surface area contributed by atoms with Crippen LogP contribution in [0.5, 0.6) is 0 Å². The van der Waals surface area contributed by atoms with E-state index in [-0.39, 0.29) is 24.4 Å². The second-order valence-corrected chi connectivity index (χ2v) is 5.43. The van der Waals surface area contributed by atoms with Crippen LogP contribution in [0.1, 0.15) is 31.7 Å². The van der Waals surface area contributed by atoms with Gasteiger partial charge < -0.3 is 15.3 Å². The van der Waals surface area contributed by atoms with Crippen molar-refractivity contribution in [3.63, 3.8) is 0 Å². The number of rotatable bonds is 9. The van der Waals surface area contributed by atoms with Crippen molar-refractivity contribution in [1.82, 2.24) is 0 Å². The lowest BCUT2D eigenvalue weighted by atomic mass is 9.91. The summed E-state index contributed by atoms with van der Waals surface area (Å²) >= 11 is 0. The molecule has 120 valence electrons. The molecule has 0 saturated heterocycles. The van der Waals surface area contributed by atoms with E-state index in [0.717, 1.165) is 5.56 Å². The average molecular weight is 305 g/mol. The zero-order valence-electron chi connectivity index (χ0n) is 13.1. The van der Waals surface area contributed by atoms with Gasteiger partial charge in [0.15, 0.2) is 0 Å². The number of Topliss-reactive ketones (excluding diaryl/α,β-unsaturated/α-hetero) is 2. The number of ether oxygens (including phenoxy) is 1. The molecule has 0 bridgehead atoms. The second-order valence-electron chi connectivity index (χ2n) is 5.43. The Bertz CT molecular complexity index is 513. The molecule has 0 fully saturated rings. The minimum absolute atomic E-state index is 0.00273. The van der Waals surface area contributed by atoms with E-state index in [1.54, 1.807) is 0 Å². The van der Waals surface area contributed by atoms with E-state index in [0.29, 0.717) is 12.8 Å². The van der Waals surface area contributed by atoms with Gasteiger partial charge in [-0.3, -0.25) is 9.59 Å². The lowest BCUT2D eigenvalue weighted by molar-refractivity contribution is -0.147. The van der Waals surface area contributed by atoms with E-state index in [9.17, 15) is 14.4 Å². The lowest BCUT2D eigenvalue weighted by Gasteiger charge is -2.16. The molecule has 22 heavy (non-hydrogen) atoms. The summed E-state index contributed by atoms with van der Waals surface area (Å²) in [5.41, 5.74) is 6.76. The number of methoxy groups -OCH3 is 1. The molecule has 0 aliphatic carbocycles. The van der Waals surface area contributed by atoms with Crippen molar-refractivity contribution in [3.8, 4) is 0 Å². The normalized spacial score (nSPS) is 13.2. The Morgan fingerprint density at radius 2 is 1.82 bits per heavy atom. The van der Waals surface area contributed by atoms with Gasteiger partial charge in [0.05, 0.1) is 19.1 Å². The summed E-state index contributed by atoms with van der Waals surface area (Å²) in [6, 6.07) is 8.73. The molecule has 0 aliphatic rings. The summed E-state index contributed by atoms with van der Waals surface area (Å²) < 4.78 is 4.78. The molecule has 0 aliphatic heterocycles. The summed E-state index contributed by atoms with van der Waals surface area (Å²) in [5, 5.41) is 0. The molecular weight excluding hydrogens is 282 g/mol. The van der Waals surface area contributed by atoms with E-state index >= 15 is 0 Å². The van der Waals surface area contributed by atoms with Gasteiger partial charge in [-0.2, -0.15) is 0 Å². The van der Waals surface area contributed by atoms with Crippen LogP contribution in [0.3, 0.4) is 0 Å². The Morgan fingerprint density at radius 1 is 1.18 bits per heavy atom. The van der Waals surface area contributed by atoms with Gasteiger partial charge in [0.2, 0.25) is 0 Å². The van der Waals surface area contributed by atoms with Crippen LogP contribution < -0.4 is 5.73 Å². The zero-order valence-corrected chi connectivity index (χ0v) is 13.1. The number of hydrogen-bond donors (Lipinski definition) is 1. The number of ketones is 2. The highest BCUT2D eigenvalue weighted by atomic mass is 16.5. The van der Waals surface area contributed by atoms with Crippen molar-refractivity contribution >= 4 is 17.5 Å². The first-order chi connectivity index (χ1) is 10.4. The first-order valence-corrected chi connectivity index (χ1v) is 7.33. The molecule has 2 atom stereocenters. The van der Waals surface area contributed by atoms with Gasteiger partial charge >= 0.3 is 5.97 Å². The van der Waals surface area contributed by atoms with Crippen molar-refractivity contribution in [3.05, 3.63) is 35.9 Å². The van der Waals surface area contributed by atoms with Crippen LogP contribution in [0, 0.1) is 5.92 Å². The number of benzene rings is 1. The molecule has 0 radical (unpaired) electrons. The van der Waals surface area contributed by atoms with Gasteiger partial charge in [0.25, 0.3) is 0 Å². The first kappa shape index (κ1) is 18.0. The Morgan fingerprint density at radius 3 is 2.36 bits per heavy atom. The third-order valence-corrected chi connectivity index (χ3v) is 3.53. The van der Waals surface area contributed by atoms with Crippen LogP contribution in [-0.2, 0) is 25.5 Å². The number of carbonyl (C=O) groups excluding carboxylic acids is 3. The number of carbonyl (C=O) groups is 3. The highest BCUT2D eigenvalue weighted by molar-refractivity contribution is 5.88. The minimum Gasteiger partial charge on any atom is -0.469 e. The summed E-state index contributed by atoms with van der Waals surface area (Å²) in [7, 11) is 1.31. The van der Waals surface area contributed by atoms with Crippen molar-refractivity contribution < 1.29 is 19.1 Å². The predicted molar refractivity (Wildman–Crippen MR) is 83.2 cm³/mol. The first-order valence-electron chi connectivity index (χ1n) is 7.33. The molecule has 5 nitrogen and oxygen atoms in total. The Hall–Kier alpha value is -2.01. The number of hydrogen-bond acceptors (Lipinski definition) is 5. The molecule has 0 heterocycles. The van der Waals surface area contributed by atoms with Crippen LogP contribution in [0.2, 0.25) is 0 Å². The van der Waals surface area contributed by atoms with Gasteiger partial charge in [-0.1, -0.05) is 30.3 Å². The third kappa shape index (κ3) is 6.18. The molecule has 0 spiro atoms. The standard InChI is InChI=1S/C17H23NO4/c1-12(19)8-9-15(18)16(20)11-14(17(21)22-2)10-13-6-4-3-5-7-13/h3-7,14-15H,8-11,18H2,1-2H3/t14-,15+/m1/s1. The Labute approximate surface area is 130 Å². The SMILES string of the molecule is COC(=O)[C@@H](CC(=O)[C@@H](N)CCC(C)=O)Cc1ccccc1. The lowest BCUT2D eigenvalue weighted by Crippen LogP contribution is -2.34. The fourth-order valence-corrected chi connectivity index (χ4v) is 2.22. The van der Waals surface area contributed by atoms with E-state index in [1.165, 1.54) is 14.0 Å². The molecule has 2 N–H and O–H groups in total. The topological polar surface area (TPSA) is 86.5 Å². The van der Waals surface area contributed by atoms with E-state index < -0.39 is 17.9 Å². The molecule has 1 rings (SSSR count).